The molecule has 1 aliphatic rings. The molecule has 0 spiro atoms. The van der Waals surface area contributed by atoms with Gasteiger partial charge in [0.25, 0.3) is 0 Å². The molecule has 3 rings (SSSR count). The number of anilines is 1. The second-order valence-corrected chi connectivity index (χ2v) is 4.35. The molecule has 110 valence electrons. The molecule has 0 unspecified atom stereocenters. The van der Waals surface area contributed by atoms with Gasteiger partial charge in [0, 0.05) is 18.8 Å². The zero-order valence-corrected chi connectivity index (χ0v) is 10.4. The maximum atomic E-state index is 11.6. The number of nitrogens with two attached hydrogens (primary N) is 1. The summed E-state index contributed by atoms with van der Waals surface area (Å²) in [6.45, 7) is -0.270. The number of rotatable bonds is 2. The Morgan fingerprint density at radius 1 is 1.45 bits per heavy atom. The van der Waals surface area contributed by atoms with E-state index in [-0.39, 0.29) is 23.8 Å². The molecule has 0 saturated carbocycles. The molecule has 0 bridgehead atoms. The first-order valence-electron chi connectivity index (χ1n) is 5.77. The molecule has 0 amide bonds. The van der Waals surface area contributed by atoms with Crippen LogP contribution in [0.5, 0.6) is 0 Å². The van der Waals surface area contributed by atoms with Crippen molar-refractivity contribution in [2.24, 2.45) is 0 Å². The second-order valence-electron chi connectivity index (χ2n) is 4.35. The zero-order chi connectivity index (χ0) is 13.6. The van der Waals surface area contributed by atoms with E-state index in [9.17, 15) is 9.90 Å². The van der Waals surface area contributed by atoms with E-state index in [0.29, 0.717) is 6.42 Å². The Morgan fingerprint density at radius 2 is 2.20 bits per heavy atom. The van der Waals surface area contributed by atoms with Gasteiger partial charge in [0.1, 0.15) is 12.3 Å². The number of hydrogen-bond acceptors (Lipinski definition) is 7. The van der Waals surface area contributed by atoms with Crippen molar-refractivity contribution in [2.45, 2.75) is 24.9 Å². The minimum atomic E-state index is -0.761. The van der Waals surface area contributed by atoms with Gasteiger partial charge in [0.15, 0.2) is 0 Å². The van der Waals surface area contributed by atoms with E-state index < -0.39 is 24.1 Å². The van der Waals surface area contributed by atoms with Crippen molar-refractivity contribution in [3.8, 4) is 0 Å². The molecule has 3 atom stereocenters. The number of aromatic nitrogens is 4. The van der Waals surface area contributed by atoms with Crippen LogP contribution in [0.25, 0.3) is 5.78 Å². The average molecular weight is 285 g/mol. The maximum absolute atomic E-state index is 11.6. The van der Waals surface area contributed by atoms with E-state index in [1.807, 2.05) is 0 Å². The largest absolute Gasteiger partial charge is 0.412 e. The summed E-state index contributed by atoms with van der Waals surface area (Å²) < 4.78 is 8.32. The van der Waals surface area contributed by atoms with Crippen LogP contribution in [-0.4, -0.2) is 53.4 Å². The minimum absolute atomic E-state index is 0. The molecule has 1 fully saturated rings. The summed E-state index contributed by atoms with van der Waals surface area (Å²) >= 11 is 0. The van der Waals surface area contributed by atoms with Crippen molar-refractivity contribution in [1.29, 1.82) is 0 Å². The van der Waals surface area contributed by atoms with E-state index in [1.165, 1.54) is 10.6 Å². The summed E-state index contributed by atoms with van der Waals surface area (Å²) in [6.07, 6.45) is 1.49. The van der Waals surface area contributed by atoms with E-state index >= 15 is 0 Å². The molecular formula is C10H15N5O5. The molecule has 3 heterocycles. The third kappa shape index (κ3) is 2.14. The monoisotopic (exact) mass is 285 g/mol. The van der Waals surface area contributed by atoms with Crippen LogP contribution >= 0.6 is 0 Å². The van der Waals surface area contributed by atoms with Crippen LogP contribution in [0.15, 0.2) is 17.2 Å². The number of imidazole rings is 1. The lowest BCUT2D eigenvalue weighted by molar-refractivity contribution is -0.0432. The van der Waals surface area contributed by atoms with Crippen molar-refractivity contribution in [3.63, 3.8) is 0 Å². The van der Waals surface area contributed by atoms with Gasteiger partial charge in [0.2, 0.25) is 11.7 Å². The zero-order valence-electron chi connectivity index (χ0n) is 10.4. The first-order chi connectivity index (χ1) is 9.10. The first kappa shape index (κ1) is 14.4. The standard InChI is InChI=1S/C10H13N5O4.H2O/c11-8-12-9-14(1-2-15(9)10(18)13-8)7-3-5(17)6(4-16)19-7;/h1-2,5-7,16-17H,3-4H2,(H2,11,13,18);1H2/t5-,6+,7-;/m0./s1. The number of fused-ring (bicyclic) bond motifs is 1. The third-order valence-corrected chi connectivity index (χ3v) is 3.15. The molecule has 6 N–H and O–H groups in total. The van der Waals surface area contributed by atoms with Gasteiger partial charge >= 0.3 is 5.69 Å². The summed E-state index contributed by atoms with van der Waals surface area (Å²) in [5.74, 6) is 0.162. The van der Waals surface area contributed by atoms with Crippen molar-refractivity contribution in [2.75, 3.05) is 12.3 Å². The molecule has 20 heavy (non-hydrogen) atoms. The van der Waals surface area contributed by atoms with Gasteiger partial charge in [-0.15, -0.1) is 0 Å². The summed E-state index contributed by atoms with van der Waals surface area (Å²) in [6, 6.07) is 0. The van der Waals surface area contributed by atoms with Crippen molar-refractivity contribution in [1.82, 2.24) is 18.9 Å². The Morgan fingerprint density at radius 3 is 2.85 bits per heavy atom. The van der Waals surface area contributed by atoms with Crippen LogP contribution in [0.1, 0.15) is 12.6 Å². The van der Waals surface area contributed by atoms with Gasteiger partial charge in [-0.1, -0.05) is 0 Å². The Bertz CT molecular complexity index is 668. The van der Waals surface area contributed by atoms with Crippen LogP contribution in [-0.2, 0) is 4.74 Å². The Balaban J connectivity index is 0.00000147. The highest BCUT2D eigenvalue weighted by molar-refractivity contribution is 5.34. The molecule has 10 nitrogen and oxygen atoms in total. The number of ether oxygens (including phenoxy) is 1. The molecule has 1 saturated heterocycles. The van der Waals surface area contributed by atoms with Gasteiger partial charge in [-0.2, -0.15) is 9.97 Å². The van der Waals surface area contributed by atoms with Crippen molar-refractivity contribution >= 4 is 11.7 Å². The maximum Gasteiger partial charge on any atom is 0.357 e. The fourth-order valence-electron chi connectivity index (χ4n) is 2.21. The molecule has 0 radical (unpaired) electrons. The first-order valence-corrected chi connectivity index (χ1v) is 5.77. The number of aliphatic hydroxyl groups is 2. The fraction of sp³-hybridized carbons (Fsp3) is 0.500. The number of nitrogen functional groups attached to an aromatic ring is 1. The van der Waals surface area contributed by atoms with Crippen LogP contribution in [0.2, 0.25) is 0 Å². The third-order valence-electron chi connectivity index (χ3n) is 3.15. The van der Waals surface area contributed by atoms with Crippen LogP contribution in [0.3, 0.4) is 0 Å². The Kier molecular flexibility index (Phi) is 3.72. The molecular weight excluding hydrogens is 270 g/mol. The molecule has 2 aromatic rings. The van der Waals surface area contributed by atoms with E-state index in [2.05, 4.69) is 9.97 Å². The summed E-state index contributed by atoms with van der Waals surface area (Å²) in [7, 11) is 0. The number of hydrogen-bond donors (Lipinski definition) is 3. The highest BCUT2D eigenvalue weighted by Gasteiger charge is 2.35. The normalized spacial score (nSPS) is 25.8. The van der Waals surface area contributed by atoms with Crippen molar-refractivity contribution < 1.29 is 20.4 Å². The summed E-state index contributed by atoms with van der Waals surface area (Å²) in [5.41, 5.74) is 4.92. The van der Waals surface area contributed by atoms with E-state index in [1.54, 1.807) is 10.8 Å². The number of nitrogens with zero attached hydrogens (tertiary/aromatic N) is 4. The smallest absolute Gasteiger partial charge is 0.357 e. The minimum Gasteiger partial charge on any atom is -0.412 e. The van der Waals surface area contributed by atoms with E-state index in [4.69, 9.17) is 15.6 Å². The summed E-state index contributed by atoms with van der Waals surface area (Å²) in [5, 5.41) is 18.8. The van der Waals surface area contributed by atoms with Gasteiger partial charge in [-0.25, -0.2) is 9.20 Å². The lowest BCUT2D eigenvalue weighted by Crippen LogP contribution is -2.24. The van der Waals surface area contributed by atoms with Crippen molar-refractivity contribution in [3.05, 3.63) is 22.9 Å². The van der Waals surface area contributed by atoms with Gasteiger partial charge in [0.05, 0.1) is 12.7 Å². The molecule has 0 aromatic carbocycles. The molecule has 0 aliphatic carbocycles. The Hall–Kier alpha value is -2.01. The van der Waals surface area contributed by atoms with Crippen LogP contribution in [0.4, 0.5) is 5.95 Å². The molecule has 1 aliphatic heterocycles. The molecule has 10 heteroatoms. The van der Waals surface area contributed by atoms with Gasteiger partial charge in [-0.3, -0.25) is 4.57 Å². The Labute approximate surface area is 112 Å². The highest BCUT2D eigenvalue weighted by Crippen LogP contribution is 2.29. The lowest BCUT2D eigenvalue weighted by Gasteiger charge is -2.13. The summed E-state index contributed by atoms with van der Waals surface area (Å²) in [4.78, 5) is 19.1. The predicted molar refractivity (Wildman–Crippen MR) is 66.9 cm³/mol. The molecule has 2 aromatic heterocycles. The highest BCUT2D eigenvalue weighted by atomic mass is 16.5. The van der Waals surface area contributed by atoms with Crippen LogP contribution < -0.4 is 11.4 Å². The van der Waals surface area contributed by atoms with Gasteiger partial charge in [-0.05, 0) is 0 Å². The van der Waals surface area contributed by atoms with Gasteiger partial charge < -0.3 is 26.2 Å². The quantitative estimate of drug-likeness (QED) is 0.540. The average Bonchev–Trinajstić information content (AvgIpc) is 2.92. The second kappa shape index (κ2) is 5.17. The van der Waals surface area contributed by atoms with E-state index in [0.717, 1.165) is 0 Å². The SMILES string of the molecule is Nc1nc(=O)n2ccn([C@@H]3C[C@H](O)[C@@H](CO)O3)c2n1.O. The predicted octanol–water partition coefficient (Wildman–Crippen LogP) is -2.71. The topological polar surface area (TPSA) is 159 Å². The number of aliphatic hydroxyl groups excluding tert-OH is 2. The van der Waals surface area contributed by atoms with Crippen LogP contribution in [0, 0.1) is 0 Å². The lowest BCUT2D eigenvalue weighted by atomic mass is 10.2. The fourth-order valence-corrected chi connectivity index (χ4v) is 2.21.